The van der Waals surface area contributed by atoms with E-state index in [2.05, 4.69) is 29.2 Å². The van der Waals surface area contributed by atoms with Gasteiger partial charge in [-0.2, -0.15) is 5.10 Å². The Kier molecular flexibility index (Phi) is 4.74. The van der Waals surface area contributed by atoms with Crippen LogP contribution in [0.2, 0.25) is 0 Å². The highest BCUT2D eigenvalue weighted by molar-refractivity contribution is 5.79. The minimum absolute atomic E-state index is 0.293. The SMILES string of the molecule is COCCC(Nc1nccn2nc(C(C)C)cc12)C(=O)O. The zero-order valence-electron chi connectivity index (χ0n) is 12.4. The standard InChI is InChI=1S/C14H20N4O3/c1-9(2)11-8-12-13(15-5-6-18(12)17-11)16-10(14(19)20)4-7-21-3/h5-6,8-10H,4,7H2,1-3H3,(H,15,16)(H,19,20). The second-order valence-corrected chi connectivity index (χ2v) is 5.15. The number of rotatable bonds is 7. The molecule has 2 aromatic rings. The van der Waals surface area contributed by atoms with Gasteiger partial charge in [-0.1, -0.05) is 13.8 Å². The van der Waals surface area contributed by atoms with Crippen molar-refractivity contribution in [1.82, 2.24) is 14.6 Å². The first-order valence-electron chi connectivity index (χ1n) is 6.85. The molecule has 0 saturated carbocycles. The van der Waals surface area contributed by atoms with Crippen molar-refractivity contribution in [3.8, 4) is 0 Å². The van der Waals surface area contributed by atoms with Gasteiger partial charge in [0.25, 0.3) is 0 Å². The van der Waals surface area contributed by atoms with Crippen LogP contribution in [0.1, 0.15) is 31.9 Å². The lowest BCUT2D eigenvalue weighted by Crippen LogP contribution is -2.31. The highest BCUT2D eigenvalue weighted by atomic mass is 16.5. The molecule has 7 heteroatoms. The van der Waals surface area contributed by atoms with Crippen LogP contribution in [-0.4, -0.2) is 45.4 Å². The molecule has 114 valence electrons. The predicted octanol–water partition coefficient (Wildman–Crippen LogP) is 1.75. The molecule has 0 spiro atoms. The summed E-state index contributed by atoms with van der Waals surface area (Å²) in [6.07, 6.45) is 3.71. The molecule has 0 amide bonds. The maximum Gasteiger partial charge on any atom is 0.326 e. The van der Waals surface area contributed by atoms with Gasteiger partial charge in [-0.3, -0.25) is 0 Å². The molecule has 21 heavy (non-hydrogen) atoms. The predicted molar refractivity (Wildman–Crippen MR) is 78.6 cm³/mol. The van der Waals surface area contributed by atoms with E-state index in [1.165, 1.54) is 0 Å². The summed E-state index contributed by atoms with van der Waals surface area (Å²) in [5.41, 5.74) is 1.71. The summed E-state index contributed by atoms with van der Waals surface area (Å²) in [5, 5.41) is 16.7. The molecule has 0 aromatic carbocycles. The van der Waals surface area contributed by atoms with Crippen LogP contribution in [0.15, 0.2) is 18.5 Å². The topological polar surface area (TPSA) is 88.8 Å². The summed E-state index contributed by atoms with van der Waals surface area (Å²) in [4.78, 5) is 15.5. The van der Waals surface area contributed by atoms with Gasteiger partial charge in [-0.15, -0.1) is 0 Å². The quantitative estimate of drug-likeness (QED) is 0.808. The fourth-order valence-electron chi connectivity index (χ4n) is 1.99. The average Bonchev–Trinajstić information content (AvgIpc) is 2.88. The van der Waals surface area contributed by atoms with Crippen LogP contribution < -0.4 is 5.32 Å². The molecule has 1 atom stereocenters. The highest BCUT2D eigenvalue weighted by Crippen LogP contribution is 2.20. The van der Waals surface area contributed by atoms with E-state index in [-0.39, 0.29) is 0 Å². The molecule has 2 rings (SSSR count). The third-order valence-electron chi connectivity index (χ3n) is 3.22. The summed E-state index contributed by atoms with van der Waals surface area (Å²) < 4.78 is 6.65. The number of nitrogens with one attached hydrogen (secondary N) is 1. The lowest BCUT2D eigenvalue weighted by atomic mass is 10.1. The lowest BCUT2D eigenvalue weighted by Gasteiger charge is -2.15. The third-order valence-corrected chi connectivity index (χ3v) is 3.22. The van der Waals surface area contributed by atoms with Crippen molar-refractivity contribution in [2.24, 2.45) is 0 Å². The smallest absolute Gasteiger partial charge is 0.326 e. The van der Waals surface area contributed by atoms with Crippen LogP contribution in [0, 0.1) is 0 Å². The number of carboxylic acid groups (broad SMARTS) is 1. The number of carbonyl (C=O) groups is 1. The number of aromatic nitrogens is 3. The van der Waals surface area contributed by atoms with Crippen molar-refractivity contribution in [1.29, 1.82) is 0 Å². The first kappa shape index (κ1) is 15.2. The molecule has 0 radical (unpaired) electrons. The van der Waals surface area contributed by atoms with E-state index in [4.69, 9.17) is 4.74 Å². The number of anilines is 1. The molecule has 0 saturated heterocycles. The Balaban J connectivity index is 2.30. The maximum atomic E-state index is 11.3. The minimum atomic E-state index is -0.931. The first-order valence-corrected chi connectivity index (χ1v) is 6.85. The number of aliphatic carboxylic acids is 1. The number of fused-ring (bicyclic) bond motifs is 1. The van der Waals surface area contributed by atoms with E-state index in [1.807, 2.05) is 6.07 Å². The summed E-state index contributed by atoms with van der Waals surface area (Å²) in [6.45, 7) is 4.48. The number of methoxy groups -OCH3 is 1. The van der Waals surface area contributed by atoms with Crippen molar-refractivity contribution < 1.29 is 14.6 Å². The summed E-state index contributed by atoms with van der Waals surface area (Å²) in [5.74, 6) is -0.124. The molecule has 1 unspecified atom stereocenters. The van der Waals surface area contributed by atoms with Crippen LogP contribution in [0.5, 0.6) is 0 Å². The monoisotopic (exact) mass is 292 g/mol. The second-order valence-electron chi connectivity index (χ2n) is 5.15. The van der Waals surface area contributed by atoms with Gasteiger partial charge < -0.3 is 15.2 Å². The summed E-state index contributed by atoms with van der Waals surface area (Å²) >= 11 is 0. The highest BCUT2D eigenvalue weighted by Gasteiger charge is 2.19. The van der Waals surface area contributed by atoms with Crippen LogP contribution in [-0.2, 0) is 9.53 Å². The fraction of sp³-hybridized carbons (Fsp3) is 0.500. The van der Waals surface area contributed by atoms with Gasteiger partial charge >= 0.3 is 5.97 Å². The molecule has 0 bridgehead atoms. The van der Waals surface area contributed by atoms with Crippen molar-refractivity contribution >= 4 is 17.3 Å². The number of carboxylic acids is 1. The van der Waals surface area contributed by atoms with Gasteiger partial charge in [-0.25, -0.2) is 14.3 Å². The number of ether oxygens (including phenoxy) is 1. The molecule has 0 aliphatic rings. The van der Waals surface area contributed by atoms with E-state index in [9.17, 15) is 9.90 Å². The molecule has 0 aliphatic heterocycles. The molecule has 0 fully saturated rings. The van der Waals surface area contributed by atoms with Gasteiger partial charge in [-0.05, 0) is 12.0 Å². The molecular formula is C14H20N4O3. The fourth-order valence-corrected chi connectivity index (χ4v) is 1.99. The van der Waals surface area contributed by atoms with E-state index in [1.54, 1.807) is 24.0 Å². The van der Waals surface area contributed by atoms with E-state index in [0.29, 0.717) is 24.8 Å². The van der Waals surface area contributed by atoms with Crippen LogP contribution in [0.25, 0.3) is 5.52 Å². The average molecular weight is 292 g/mol. The number of nitrogens with zero attached hydrogens (tertiary/aromatic N) is 3. The van der Waals surface area contributed by atoms with Crippen LogP contribution >= 0.6 is 0 Å². The zero-order chi connectivity index (χ0) is 15.4. The summed E-state index contributed by atoms with van der Waals surface area (Å²) in [6, 6.07) is 1.18. The first-order chi connectivity index (χ1) is 10.0. The van der Waals surface area contributed by atoms with Gasteiger partial charge in [0.05, 0.1) is 5.69 Å². The van der Waals surface area contributed by atoms with E-state index >= 15 is 0 Å². The Morgan fingerprint density at radius 1 is 1.52 bits per heavy atom. The molecule has 0 aliphatic carbocycles. The normalized spacial score (nSPS) is 12.8. The Hall–Kier alpha value is -2.15. The molecule has 2 N–H and O–H groups in total. The van der Waals surface area contributed by atoms with Gasteiger partial charge in [0.15, 0.2) is 5.82 Å². The zero-order valence-corrected chi connectivity index (χ0v) is 12.4. The van der Waals surface area contributed by atoms with Crippen molar-refractivity contribution in [3.63, 3.8) is 0 Å². The lowest BCUT2D eigenvalue weighted by molar-refractivity contribution is -0.138. The van der Waals surface area contributed by atoms with Crippen molar-refractivity contribution in [2.75, 3.05) is 19.0 Å². The van der Waals surface area contributed by atoms with Crippen molar-refractivity contribution in [2.45, 2.75) is 32.2 Å². The summed E-state index contributed by atoms with van der Waals surface area (Å²) in [7, 11) is 1.55. The Morgan fingerprint density at radius 2 is 2.29 bits per heavy atom. The number of hydrogen-bond donors (Lipinski definition) is 2. The Labute approximate surface area is 122 Å². The largest absolute Gasteiger partial charge is 0.480 e. The van der Waals surface area contributed by atoms with Gasteiger partial charge in [0.2, 0.25) is 0 Å². The van der Waals surface area contributed by atoms with Crippen LogP contribution in [0.4, 0.5) is 5.82 Å². The molecule has 7 nitrogen and oxygen atoms in total. The maximum absolute atomic E-state index is 11.3. The second kappa shape index (κ2) is 6.53. The Bertz CT molecular complexity index is 624. The van der Waals surface area contributed by atoms with E-state index < -0.39 is 12.0 Å². The van der Waals surface area contributed by atoms with Crippen molar-refractivity contribution in [3.05, 3.63) is 24.2 Å². The Morgan fingerprint density at radius 3 is 2.90 bits per heavy atom. The van der Waals surface area contributed by atoms with Gasteiger partial charge in [0.1, 0.15) is 11.6 Å². The third kappa shape index (κ3) is 3.49. The minimum Gasteiger partial charge on any atom is -0.480 e. The molecular weight excluding hydrogens is 272 g/mol. The number of hydrogen-bond acceptors (Lipinski definition) is 5. The molecule has 2 aromatic heterocycles. The van der Waals surface area contributed by atoms with Crippen LogP contribution in [0.3, 0.4) is 0 Å². The molecule has 2 heterocycles. The van der Waals surface area contributed by atoms with E-state index in [0.717, 1.165) is 11.2 Å². The van der Waals surface area contributed by atoms with Gasteiger partial charge in [0, 0.05) is 32.5 Å².